The molecule has 0 radical (unpaired) electrons. The van der Waals surface area contributed by atoms with Crippen LogP contribution in [0.25, 0.3) is 22.3 Å². The van der Waals surface area contributed by atoms with E-state index in [1.165, 1.54) is 11.9 Å². The number of aromatic nitrogens is 2. The number of carbonyl (C=O) groups is 3. The van der Waals surface area contributed by atoms with Crippen molar-refractivity contribution in [2.45, 2.75) is 71.1 Å². The van der Waals surface area contributed by atoms with E-state index in [0.717, 1.165) is 55.3 Å². The Morgan fingerprint density at radius 3 is 2.57 bits per heavy atom. The van der Waals surface area contributed by atoms with Gasteiger partial charge in [-0.05, 0) is 55.5 Å². The molecule has 1 aromatic carbocycles. The average Bonchev–Trinajstić information content (AvgIpc) is 3.17. The van der Waals surface area contributed by atoms with Gasteiger partial charge in [0.2, 0.25) is 0 Å². The minimum absolute atomic E-state index is 0.0692. The normalized spacial score (nSPS) is 19.4. The Bertz CT molecular complexity index is 1730. The first kappa shape index (κ1) is 29.8. The molecule has 2 N–H and O–H groups in total. The fraction of sp³-hybridized carbons (Fsp3) is 0.469. The van der Waals surface area contributed by atoms with Crippen molar-refractivity contribution in [2.24, 2.45) is 0 Å². The molecule has 1 saturated heterocycles. The van der Waals surface area contributed by atoms with Gasteiger partial charge in [-0.1, -0.05) is 26.7 Å². The Hall–Kier alpha value is -4.29. The van der Waals surface area contributed by atoms with Gasteiger partial charge in [0.25, 0.3) is 11.5 Å². The summed E-state index contributed by atoms with van der Waals surface area (Å²) in [5.74, 6) is -0.727. The van der Waals surface area contributed by atoms with E-state index in [4.69, 9.17) is 14.5 Å². The minimum Gasteiger partial charge on any atom is -0.458 e. The first-order chi connectivity index (χ1) is 21.1. The lowest BCUT2D eigenvalue weighted by atomic mass is 9.86. The highest BCUT2D eigenvalue weighted by atomic mass is 16.6. The number of hydrogen-bond donors (Lipinski definition) is 2. The number of aliphatic hydroxyl groups is 1. The number of rotatable bonds is 6. The van der Waals surface area contributed by atoms with Crippen molar-refractivity contribution >= 4 is 28.9 Å². The van der Waals surface area contributed by atoms with Crippen LogP contribution in [0.2, 0.25) is 0 Å². The zero-order chi connectivity index (χ0) is 31.2. The molecule has 2 aromatic heterocycles. The number of hydrogen-bond acceptors (Lipinski definition) is 9. The molecule has 0 bridgehead atoms. The number of hydrazine groups is 1. The summed E-state index contributed by atoms with van der Waals surface area (Å²) in [6.45, 7) is 5.22. The van der Waals surface area contributed by atoms with Crippen LogP contribution in [0.5, 0.6) is 5.75 Å². The van der Waals surface area contributed by atoms with Crippen LogP contribution in [0.4, 0.5) is 4.79 Å². The van der Waals surface area contributed by atoms with Gasteiger partial charge in [-0.3, -0.25) is 15.0 Å². The SMILES string of the molecule is CCc1c2c(nc3ccc(OC(=O)N(C)CC(=O)NN4CCCCCC4)cc13)-c1cc3c(c(=O)n1C2)COC(=O)[C@]3(O)CC. The van der Waals surface area contributed by atoms with Gasteiger partial charge in [-0.25, -0.2) is 19.6 Å². The van der Waals surface area contributed by atoms with Crippen molar-refractivity contribution in [2.75, 3.05) is 26.7 Å². The second kappa shape index (κ2) is 11.7. The zero-order valence-corrected chi connectivity index (χ0v) is 25.3. The summed E-state index contributed by atoms with van der Waals surface area (Å²) in [6, 6.07) is 6.84. The average molecular weight is 604 g/mol. The molecule has 3 aliphatic rings. The van der Waals surface area contributed by atoms with E-state index in [0.29, 0.717) is 29.1 Å². The van der Waals surface area contributed by atoms with Crippen molar-refractivity contribution in [1.82, 2.24) is 24.9 Å². The number of fused-ring (bicyclic) bond motifs is 5. The predicted molar refractivity (Wildman–Crippen MR) is 161 cm³/mol. The van der Waals surface area contributed by atoms with Gasteiger partial charge in [0.15, 0.2) is 5.60 Å². The minimum atomic E-state index is -1.89. The van der Waals surface area contributed by atoms with Gasteiger partial charge in [-0.15, -0.1) is 0 Å². The zero-order valence-electron chi connectivity index (χ0n) is 25.3. The molecular formula is C32H37N5O7. The molecule has 0 aliphatic carbocycles. The maximum Gasteiger partial charge on any atom is 0.415 e. The van der Waals surface area contributed by atoms with E-state index in [-0.39, 0.29) is 48.7 Å². The Kier molecular flexibility index (Phi) is 7.89. The van der Waals surface area contributed by atoms with Crippen LogP contribution in [0, 0.1) is 0 Å². The quantitative estimate of drug-likeness (QED) is 0.318. The van der Waals surface area contributed by atoms with Crippen LogP contribution >= 0.6 is 0 Å². The number of carbonyl (C=O) groups excluding carboxylic acids is 3. The molecule has 12 nitrogen and oxygen atoms in total. The van der Waals surface area contributed by atoms with Gasteiger partial charge in [-0.2, -0.15) is 0 Å². The van der Waals surface area contributed by atoms with E-state index in [1.54, 1.807) is 35.8 Å². The summed E-state index contributed by atoms with van der Waals surface area (Å²) in [5.41, 5.74) is 4.83. The molecule has 1 fully saturated rings. The van der Waals surface area contributed by atoms with Crippen LogP contribution in [-0.4, -0.2) is 69.2 Å². The lowest BCUT2D eigenvalue weighted by Gasteiger charge is -2.31. The number of ether oxygens (including phenoxy) is 2. The van der Waals surface area contributed by atoms with Gasteiger partial charge < -0.3 is 24.0 Å². The van der Waals surface area contributed by atoms with Crippen molar-refractivity contribution in [3.05, 3.63) is 56.9 Å². The number of cyclic esters (lactones) is 1. The largest absolute Gasteiger partial charge is 0.458 e. The fourth-order valence-electron chi connectivity index (χ4n) is 6.46. The van der Waals surface area contributed by atoms with E-state index in [2.05, 4.69) is 5.43 Å². The topological polar surface area (TPSA) is 143 Å². The molecule has 3 aromatic rings. The summed E-state index contributed by atoms with van der Waals surface area (Å²) >= 11 is 0. The Labute approximate surface area is 254 Å². The van der Waals surface area contributed by atoms with Gasteiger partial charge in [0.05, 0.1) is 29.0 Å². The highest BCUT2D eigenvalue weighted by Gasteiger charge is 2.45. The molecule has 0 saturated carbocycles. The number of benzene rings is 1. The molecule has 44 heavy (non-hydrogen) atoms. The number of aryl methyl sites for hydroxylation is 1. The Balaban J connectivity index is 1.26. The maximum absolute atomic E-state index is 13.6. The van der Waals surface area contributed by atoms with Crippen LogP contribution in [-0.2, 0) is 39.5 Å². The van der Waals surface area contributed by atoms with Crippen molar-refractivity contribution < 1.29 is 29.0 Å². The third-order valence-electron chi connectivity index (χ3n) is 8.92. The van der Waals surface area contributed by atoms with Crippen molar-refractivity contribution in [3.63, 3.8) is 0 Å². The van der Waals surface area contributed by atoms with Crippen LogP contribution in [0.3, 0.4) is 0 Å². The maximum atomic E-state index is 13.6. The third kappa shape index (κ3) is 5.11. The molecule has 5 heterocycles. The van der Waals surface area contributed by atoms with Crippen LogP contribution in [0.15, 0.2) is 29.1 Å². The van der Waals surface area contributed by atoms with Gasteiger partial charge in [0.1, 0.15) is 18.9 Å². The monoisotopic (exact) mass is 603 g/mol. The number of esters is 1. The fourth-order valence-corrected chi connectivity index (χ4v) is 6.46. The number of nitrogens with zero attached hydrogens (tertiary/aromatic N) is 4. The summed E-state index contributed by atoms with van der Waals surface area (Å²) in [5, 5.41) is 13.8. The predicted octanol–water partition coefficient (Wildman–Crippen LogP) is 2.98. The second-order valence-corrected chi connectivity index (χ2v) is 11.7. The summed E-state index contributed by atoms with van der Waals surface area (Å²) in [7, 11) is 1.52. The molecule has 1 atom stereocenters. The highest BCUT2D eigenvalue weighted by Crippen LogP contribution is 2.40. The molecule has 6 rings (SSSR count). The molecular weight excluding hydrogens is 566 g/mol. The van der Waals surface area contributed by atoms with Crippen molar-refractivity contribution in [3.8, 4) is 17.1 Å². The van der Waals surface area contributed by atoms with E-state index in [9.17, 15) is 24.3 Å². The van der Waals surface area contributed by atoms with Gasteiger partial charge >= 0.3 is 12.1 Å². The molecule has 3 aliphatic heterocycles. The van der Waals surface area contributed by atoms with Gasteiger partial charge in [0, 0.05) is 36.7 Å². The number of amides is 2. The number of nitrogens with one attached hydrogen (secondary N) is 1. The summed E-state index contributed by atoms with van der Waals surface area (Å²) in [4.78, 5) is 57.6. The lowest BCUT2D eigenvalue weighted by Crippen LogP contribution is -2.47. The molecule has 2 amide bonds. The second-order valence-electron chi connectivity index (χ2n) is 11.7. The summed E-state index contributed by atoms with van der Waals surface area (Å²) < 4.78 is 12.4. The molecule has 232 valence electrons. The third-order valence-corrected chi connectivity index (χ3v) is 8.92. The lowest BCUT2D eigenvalue weighted by molar-refractivity contribution is -0.172. The van der Waals surface area contributed by atoms with E-state index in [1.807, 2.05) is 11.9 Å². The van der Waals surface area contributed by atoms with E-state index < -0.39 is 17.7 Å². The van der Waals surface area contributed by atoms with E-state index >= 15 is 0 Å². The molecule has 12 heteroatoms. The summed E-state index contributed by atoms with van der Waals surface area (Å²) in [6.07, 6.45) is 4.39. The highest BCUT2D eigenvalue weighted by molar-refractivity contribution is 5.90. The van der Waals surface area contributed by atoms with Crippen LogP contribution < -0.4 is 15.7 Å². The van der Waals surface area contributed by atoms with Crippen molar-refractivity contribution in [1.29, 1.82) is 0 Å². The molecule has 0 spiro atoms. The molecule has 0 unspecified atom stereocenters. The smallest absolute Gasteiger partial charge is 0.415 e. The van der Waals surface area contributed by atoms with Crippen LogP contribution in [0.1, 0.15) is 68.2 Å². The Morgan fingerprint density at radius 1 is 1.11 bits per heavy atom. The Morgan fingerprint density at radius 2 is 1.86 bits per heavy atom. The number of pyridine rings is 2. The first-order valence-corrected chi connectivity index (χ1v) is 15.2. The number of likely N-dealkylation sites (N-methyl/N-ethyl adjacent to an activating group) is 1. The standard InChI is InChI=1S/C32H37N5O7/c1-4-20-21-14-19(44-31(41)35(3)17-27(38)34-36-12-8-6-7-9-13-36)10-11-25(21)33-28-22(20)16-37-26(28)15-24-23(29(37)39)18-43-30(40)32(24,42)5-2/h10-11,14-15,42H,4-9,12-13,16-18H2,1-3H3,(H,34,38)/t32-/m0/s1. The first-order valence-electron chi connectivity index (χ1n) is 15.2.